The van der Waals surface area contributed by atoms with Gasteiger partial charge >= 0.3 is 0 Å². The molecule has 1 aliphatic heterocycles. The Balaban J connectivity index is 1.88. The van der Waals surface area contributed by atoms with E-state index in [1.54, 1.807) is 7.05 Å². The Hall–Kier alpha value is -1.43. The summed E-state index contributed by atoms with van der Waals surface area (Å²) < 4.78 is 32.3. The van der Waals surface area contributed by atoms with Crippen LogP contribution in [0.25, 0.3) is 10.8 Å². The molecule has 0 radical (unpaired) electrons. The molecule has 0 N–H and O–H groups in total. The van der Waals surface area contributed by atoms with Gasteiger partial charge in [-0.25, -0.2) is 12.7 Å². The second-order valence-electron chi connectivity index (χ2n) is 5.84. The van der Waals surface area contributed by atoms with Crippen LogP contribution in [0.3, 0.4) is 0 Å². The van der Waals surface area contributed by atoms with Crippen molar-refractivity contribution in [3.8, 4) is 0 Å². The van der Waals surface area contributed by atoms with Crippen LogP contribution in [0.2, 0.25) is 0 Å². The molecule has 0 spiro atoms. The smallest absolute Gasteiger partial charge is 0.219 e. The number of benzene rings is 2. The standard InChI is InChI=1S/C17H21NO3S/c1-13-17(10-11-21-13)22(19,20)18(2)12-15-8-5-7-14-6-3-4-9-16(14)15/h3-9,13,17H,10-12H2,1-2H3/t13-,17-/m1/s1. The largest absolute Gasteiger partial charge is 0.377 e. The number of nitrogens with zero attached hydrogens (tertiary/aromatic N) is 1. The molecule has 1 aliphatic rings. The van der Waals surface area contributed by atoms with Gasteiger partial charge in [-0.2, -0.15) is 0 Å². The fourth-order valence-electron chi connectivity index (χ4n) is 3.09. The summed E-state index contributed by atoms with van der Waals surface area (Å²) in [7, 11) is -1.69. The molecule has 2 atom stereocenters. The zero-order chi connectivity index (χ0) is 15.7. The van der Waals surface area contributed by atoms with Gasteiger partial charge in [0.15, 0.2) is 0 Å². The maximum absolute atomic E-state index is 12.7. The molecule has 0 aliphatic carbocycles. The van der Waals surface area contributed by atoms with Crippen molar-refractivity contribution >= 4 is 20.8 Å². The lowest BCUT2D eigenvalue weighted by Crippen LogP contribution is -2.39. The van der Waals surface area contributed by atoms with Crippen LogP contribution in [-0.2, 0) is 21.3 Å². The SMILES string of the molecule is C[C@H]1OCC[C@H]1S(=O)(=O)N(C)Cc1cccc2ccccc12. The molecule has 1 fully saturated rings. The average Bonchev–Trinajstić information content (AvgIpc) is 2.94. The van der Waals surface area contributed by atoms with Crippen molar-refractivity contribution in [1.29, 1.82) is 0 Å². The molecular weight excluding hydrogens is 298 g/mol. The van der Waals surface area contributed by atoms with E-state index in [4.69, 9.17) is 4.74 Å². The van der Waals surface area contributed by atoms with Crippen LogP contribution in [0.4, 0.5) is 0 Å². The Morgan fingerprint density at radius 2 is 1.91 bits per heavy atom. The highest BCUT2D eigenvalue weighted by Crippen LogP contribution is 2.26. The van der Waals surface area contributed by atoms with Crippen LogP contribution in [0.15, 0.2) is 42.5 Å². The van der Waals surface area contributed by atoms with Crippen LogP contribution in [0.1, 0.15) is 18.9 Å². The lowest BCUT2D eigenvalue weighted by Gasteiger charge is -2.23. The summed E-state index contributed by atoms with van der Waals surface area (Å²) in [5.41, 5.74) is 1.02. The predicted octanol–water partition coefficient (Wildman–Crippen LogP) is 2.78. The third kappa shape index (κ3) is 2.76. The molecule has 4 nitrogen and oxygen atoms in total. The average molecular weight is 319 g/mol. The van der Waals surface area contributed by atoms with E-state index >= 15 is 0 Å². The van der Waals surface area contributed by atoms with Crippen LogP contribution in [0, 0.1) is 0 Å². The highest BCUT2D eigenvalue weighted by Gasteiger charge is 2.38. The summed E-state index contributed by atoms with van der Waals surface area (Å²) in [5.74, 6) is 0. The second kappa shape index (κ2) is 5.99. The lowest BCUT2D eigenvalue weighted by molar-refractivity contribution is 0.125. The van der Waals surface area contributed by atoms with Gasteiger partial charge in [0, 0.05) is 20.2 Å². The molecule has 1 heterocycles. The minimum atomic E-state index is -3.35. The van der Waals surface area contributed by atoms with E-state index in [2.05, 4.69) is 0 Å². The molecule has 3 rings (SSSR count). The first-order valence-electron chi connectivity index (χ1n) is 7.53. The lowest BCUT2D eigenvalue weighted by atomic mass is 10.0. The van der Waals surface area contributed by atoms with Gasteiger partial charge in [0.1, 0.15) is 5.25 Å². The maximum atomic E-state index is 12.7. The molecule has 0 saturated carbocycles. The molecule has 1 saturated heterocycles. The van der Waals surface area contributed by atoms with E-state index in [1.165, 1.54) is 4.31 Å². The number of sulfonamides is 1. The molecule has 2 aromatic rings. The Labute approximate surface area is 131 Å². The van der Waals surface area contributed by atoms with Crippen molar-refractivity contribution in [3.05, 3.63) is 48.0 Å². The van der Waals surface area contributed by atoms with E-state index in [-0.39, 0.29) is 6.10 Å². The van der Waals surface area contributed by atoms with Crippen molar-refractivity contribution in [1.82, 2.24) is 4.31 Å². The summed E-state index contributed by atoms with van der Waals surface area (Å²) >= 11 is 0. The number of hydrogen-bond donors (Lipinski definition) is 0. The van der Waals surface area contributed by atoms with Gasteiger partial charge in [0.25, 0.3) is 0 Å². The van der Waals surface area contributed by atoms with Crippen LogP contribution >= 0.6 is 0 Å². The van der Waals surface area contributed by atoms with Crippen LogP contribution in [0.5, 0.6) is 0 Å². The summed E-state index contributed by atoms with van der Waals surface area (Å²) in [6.07, 6.45) is 0.337. The highest BCUT2D eigenvalue weighted by molar-refractivity contribution is 7.89. The van der Waals surface area contributed by atoms with Crippen LogP contribution < -0.4 is 0 Å². The Morgan fingerprint density at radius 3 is 2.64 bits per heavy atom. The molecule has 22 heavy (non-hydrogen) atoms. The quantitative estimate of drug-likeness (QED) is 0.870. The van der Waals surface area contributed by atoms with Gasteiger partial charge < -0.3 is 4.74 Å². The van der Waals surface area contributed by atoms with Crippen LogP contribution in [-0.4, -0.2) is 37.7 Å². The van der Waals surface area contributed by atoms with Gasteiger partial charge in [-0.1, -0.05) is 42.5 Å². The number of ether oxygens (including phenoxy) is 1. The molecule has 5 heteroatoms. The topological polar surface area (TPSA) is 46.6 Å². The first-order chi connectivity index (χ1) is 10.5. The minimum Gasteiger partial charge on any atom is -0.377 e. The maximum Gasteiger partial charge on any atom is 0.219 e. The summed E-state index contributed by atoms with van der Waals surface area (Å²) in [6.45, 7) is 2.74. The van der Waals surface area contributed by atoms with Crippen molar-refractivity contribution in [2.24, 2.45) is 0 Å². The summed E-state index contributed by atoms with van der Waals surface area (Å²) in [5, 5.41) is 1.79. The Kier molecular flexibility index (Phi) is 4.21. The summed E-state index contributed by atoms with van der Waals surface area (Å²) in [4.78, 5) is 0. The minimum absolute atomic E-state index is 0.236. The normalized spacial score (nSPS) is 22.5. The monoisotopic (exact) mass is 319 g/mol. The number of hydrogen-bond acceptors (Lipinski definition) is 3. The van der Waals surface area contributed by atoms with E-state index < -0.39 is 15.3 Å². The molecule has 118 valence electrons. The number of rotatable bonds is 4. The highest BCUT2D eigenvalue weighted by atomic mass is 32.2. The second-order valence-corrected chi connectivity index (χ2v) is 8.10. The van der Waals surface area contributed by atoms with E-state index in [0.717, 1.165) is 16.3 Å². The van der Waals surface area contributed by atoms with Gasteiger partial charge in [0.2, 0.25) is 10.0 Å². The molecular formula is C17H21NO3S. The first-order valence-corrected chi connectivity index (χ1v) is 9.04. The van der Waals surface area contributed by atoms with Gasteiger partial charge in [-0.15, -0.1) is 0 Å². The van der Waals surface area contributed by atoms with Crippen molar-refractivity contribution < 1.29 is 13.2 Å². The first kappa shape index (κ1) is 15.5. The van der Waals surface area contributed by atoms with E-state index in [0.29, 0.717) is 19.6 Å². The Bertz CT molecular complexity index is 767. The van der Waals surface area contributed by atoms with Crippen molar-refractivity contribution in [2.45, 2.75) is 31.2 Å². The Morgan fingerprint density at radius 1 is 1.18 bits per heavy atom. The van der Waals surface area contributed by atoms with Gasteiger partial charge in [-0.3, -0.25) is 0 Å². The van der Waals surface area contributed by atoms with Gasteiger partial charge in [0.05, 0.1) is 6.10 Å². The molecule has 0 unspecified atom stereocenters. The van der Waals surface area contributed by atoms with Gasteiger partial charge in [-0.05, 0) is 29.7 Å². The molecule has 0 bridgehead atoms. The molecule has 0 amide bonds. The number of fused-ring (bicyclic) bond motifs is 1. The third-order valence-corrected chi connectivity index (χ3v) is 6.78. The molecule has 2 aromatic carbocycles. The fourth-order valence-corrected chi connectivity index (χ4v) is 4.83. The fraction of sp³-hybridized carbons (Fsp3) is 0.412. The predicted molar refractivity (Wildman–Crippen MR) is 88.2 cm³/mol. The third-order valence-electron chi connectivity index (χ3n) is 4.40. The summed E-state index contributed by atoms with van der Waals surface area (Å²) in [6, 6.07) is 14.0. The zero-order valence-corrected chi connectivity index (χ0v) is 13.7. The molecule has 0 aromatic heterocycles. The van der Waals surface area contributed by atoms with Crippen molar-refractivity contribution in [2.75, 3.05) is 13.7 Å². The van der Waals surface area contributed by atoms with E-state index in [9.17, 15) is 8.42 Å². The van der Waals surface area contributed by atoms with E-state index in [1.807, 2.05) is 49.4 Å². The zero-order valence-electron chi connectivity index (χ0n) is 12.9. The van der Waals surface area contributed by atoms with Crippen molar-refractivity contribution in [3.63, 3.8) is 0 Å².